The molecular formula is C26H32F3N5O5. The number of aromatic nitrogens is 2. The molecule has 10 nitrogen and oxygen atoms in total. The lowest BCUT2D eigenvalue weighted by molar-refractivity contribution is -0.274. The van der Waals surface area contributed by atoms with Gasteiger partial charge in [-0.1, -0.05) is 0 Å². The highest BCUT2D eigenvalue weighted by Gasteiger charge is 2.32. The minimum absolute atomic E-state index is 0.0314. The van der Waals surface area contributed by atoms with Gasteiger partial charge in [0.05, 0.1) is 18.9 Å². The van der Waals surface area contributed by atoms with E-state index in [0.717, 1.165) is 50.9 Å². The number of alkyl halides is 3. The highest BCUT2D eigenvalue weighted by atomic mass is 19.4. The zero-order valence-corrected chi connectivity index (χ0v) is 21.4. The minimum Gasteiger partial charge on any atom is -0.483 e. The van der Waals surface area contributed by atoms with Crippen LogP contribution in [0.5, 0.6) is 17.4 Å². The SMILES string of the molecule is O=C(Nc1cc(OC(F)(F)F)ccc1OC1COC1)NC1CCC(Oc2ccnc(N3CCCCC3)n2)CC1. The van der Waals surface area contributed by atoms with Gasteiger partial charge in [-0.15, -0.1) is 13.2 Å². The third-order valence-electron chi connectivity index (χ3n) is 6.89. The topological polar surface area (TPSA) is 107 Å². The van der Waals surface area contributed by atoms with E-state index in [2.05, 4.69) is 30.2 Å². The van der Waals surface area contributed by atoms with Crippen molar-refractivity contribution in [2.75, 3.05) is 36.5 Å². The number of urea groups is 1. The molecule has 1 aromatic heterocycles. The number of hydrogen-bond donors (Lipinski definition) is 2. The third-order valence-corrected chi connectivity index (χ3v) is 6.89. The number of hydrogen-bond acceptors (Lipinski definition) is 8. The van der Waals surface area contributed by atoms with Crippen LogP contribution in [0.4, 0.5) is 29.6 Å². The molecule has 2 aliphatic heterocycles. The predicted molar refractivity (Wildman–Crippen MR) is 135 cm³/mol. The first-order valence-electron chi connectivity index (χ1n) is 13.3. The number of piperidine rings is 1. The number of rotatable bonds is 8. The Kier molecular flexibility index (Phi) is 8.44. The molecular weight excluding hydrogens is 519 g/mol. The van der Waals surface area contributed by atoms with E-state index >= 15 is 0 Å². The van der Waals surface area contributed by atoms with Crippen molar-refractivity contribution < 1.29 is 36.9 Å². The van der Waals surface area contributed by atoms with Gasteiger partial charge in [-0.3, -0.25) is 0 Å². The summed E-state index contributed by atoms with van der Waals surface area (Å²) >= 11 is 0. The Morgan fingerprint density at radius 2 is 1.77 bits per heavy atom. The van der Waals surface area contributed by atoms with E-state index in [1.807, 2.05) is 0 Å². The normalized spacial score (nSPS) is 22.0. The quantitative estimate of drug-likeness (QED) is 0.488. The molecule has 1 aliphatic carbocycles. The zero-order valence-electron chi connectivity index (χ0n) is 21.4. The maximum absolute atomic E-state index is 12.7. The fourth-order valence-electron chi connectivity index (χ4n) is 4.85. The molecule has 0 spiro atoms. The Balaban J connectivity index is 1.13. The lowest BCUT2D eigenvalue weighted by atomic mass is 9.93. The summed E-state index contributed by atoms with van der Waals surface area (Å²) < 4.78 is 59.1. The van der Waals surface area contributed by atoms with Crippen molar-refractivity contribution in [3.05, 3.63) is 30.5 Å². The number of nitrogens with zero attached hydrogens (tertiary/aromatic N) is 3. The molecule has 3 heterocycles. The first kappa shape index (κ1) is 27.1. The molecule has 0 atom stereocenters. The van der Waals surface area contributed by atoms with Crippen molar-refractivity contribution in [2.24, 2.45) is 0 Å². The Bertz CT molecular complexity index is 1120. The molecule has 0 bridgehead atoms. The van der Waals surface area contributed by atoms with Gasteiger partial charge in [-0.25, -0.2) is 9.78 Å². The molecule has 0 unspecified atom stereocenters. The number of ether oxygens (including phenoxy) is 4. The van der Waals surface area contributed by atoms with Gasteiger partial charge in [0.2, 0.25) is 11.8 Å². The monoisotopic (exact) mass is 551 g/mol. The largest absolute Gasteiger partial charge is 0.573 e. The van der Waals surface area contributed by atoms with E-state index in [4.69, 9.17) is 14.2 Å². The van der Waals surface area contributed by atoms with E-state index in [9.17, 15) is 18.0 Å². The van der Waals surface area contributed by atoms with Crippen LogP contribution >= 0.6 is 0 Å². The van der Waals surface area contributed by atoms with E-state index in [1.54, 1.807) is 12.3 Å². The summed E-state index contributed by atoms with van der Waals surface area (Å²) in [6.45, 7) is 2.63. The number of carbonyl (C=O) groups excluding carboxylic acids is 1. The smallest absolute Gasteiger partial charge is 0.483 e. The van der Waals surface area contributed by atoms with Gasteiger partial charge in [0, 0.05) is 37.5 Å². The van der Waals surface area contributed by atoms with Gasteiger partial charge >= 0.3 is 12.4 Å². The average molecular weight is 552 g/mol. The summed E-state index contributed by atoms with van der Waals surface area (Å²) in [5.74, 6) is 1.02. The van der Waals surface area contributed by atoms with Crippen molar-refractivity contribution in [3.63, 3.8) is 0 Å². The third kappa shape index (κ3) is 7.78. The van der Waals surface area contributed by atoms with E-state index < -0.39 is 18.1 Å². The molecule has 2 amide bonds. The molecule has 1 saturated carbocycles. The second kappa shape index (κ2) is 12.1. The number of carbonyl (C=O) groups is 1. The Morgan fingerprint density at radius 3 is 2.46 bits per heavy atom. The molecule has 2 N–H and O–H groups in total. The van der Waals surface area contributed by atoms with Crippen LogP contribution in [0, 0.1) is 0 Å². The molecule has 212 valence electrons. The average Bonchev–Trinajstić information content (AvgIpc) is 2.88. The lowest BCUT2D eigenvalue weighted by Crippen LogP contribution is -2.42. The minimum atomic E-state index is -4.86. The molecule has 0 radical (unpaired) electrons. The van der Waals surface area contributed by atoms with E-state index in [0.29, 0.717) is 37.9 Å². The number of nitrogens with one attached hydrogen (secondary N) is 2. The van der Waals surface area contributed by atoms with Crippen LogP contribution in [0.15, 0.2) is 30.5 Å². The maximum Gasteiger partial charge on any atom is 0.573 e. The van der Waals surface area contributed by atoms with Crippen LogP contribution in [0.2, 0.25) is 0 Å². The van der Waals surface area contributed by atoms with Crippen LogP contribution in [0.3, 0.4) is 0 Å². The van der Waals surface area contributed by atoms with E-state index in [-0.39, 0.29) is 29.7 Å². The molecule has 2 saturated heterocycles. The standard InChI is InChI=1S/C26H32F3N5O5/c27-26(28,29)39-19-8-9-22(37-20-15-36-16-20)21(14-19)32-25(35)31-17-4-6-18(7-5-17)38-23-10-11-30-24(33-23)34-12-2-1-3-13-34/h8-11,14,17-18,20H,1-7,12-13,15-16H2,(H2,31,32,35). The highest BCUT2D eigenvalue weighted by Crippen LogP contribution is 2.33. The van der Waals surface area contributed by atoms with Gasteiger partial charge < -0.3 is 34.5 Å². The van der Waals surface area contributed by atoms with Gasteiger partial charge in [0.15, 0.2) is 0 Å². The first-order valence-corrected chi connectivity index (χ1v) is 13.3. The summed E-state index contributed by atoms with van der Waals surface area (Å²) in [4.78, 5) is 23.9. The van der Waals surface area contributed by atoms with Crippen LogP contribution in [0.1, 0.15) is 44.9 Å². The zero-order chi connectivity index (χ0) is 27.2. The predicted octanol–water partition coefficient (Wildman–Crippen LogP) is 4.65. The number of anilines is 2. The van der Waals surface area contributed by atoms with Crippen molar-refractivity contribution in [1.29, 1.82) is 0 Å². The van der Waals surface area contributed by atoms with Crippen LogP contribution in [0.25, 0.3) is 0 Å². The molecule has 39 heavy (non-hydrogen) atoms. The molecule has 3 aliphatic rings. The Hall–Kier alpha value is -3.48. The molecule has 2 aromatic rings. The van der Waals surface area contributed by atoms with Crippen LogP contribution in [-0.2, 0) is 4.74 Å². The Morgan fingerprint density at radius 1 is 1.00 bits per heavy atom. The second-order valence-electron chi connectivity index (χ2n) is 9.92. The van der Waals surface area contributed by atoms with Gasteiger partial charge in [0.1, 0.15) is 23.7 Å². The Labute approximate surface area is 224 Å². The van der Waals surface area contributed by atoms with Crippen LogP contribution < -0.4 is 29.7 Å². The number of benzene rings is 1. The summed E-state index contributed by atoms with van der Waals surface area (Å²) in [6.07, 6.45) is 2.90. The van der Waals surface area contributed by atoms with Crippen molar-refractivity contribution in [3.8, 4) is 17.4 Å². The van der Waals surface area contributed by atoms with Crippen molar-refractivity contribution in [1.82, 2.24) is 15.3 Å². The fraction of sp³-hybridized carbons (Fsp3) is 0.577. The van der Waals surface area contributed by atoms with Gasteiger partial charge in [-0.05, 0) is 57.1 Å². The number of amides is 2. The maximum atomic E-state index is 12.7. The summed E-state index contributed by atoms with van der Waals surface area (Å²) in [6, 6.07) is 4.67. The highest BCUT2D eigenvalue weighted by molar-refractivity contribution is 5.91. The molecule has 5 rings (SSSR count). The van der Waals surface area contributed by atoms with Crippen LogP contribution in [-0.4, -0.2) is 66.9 Å². The summed E-state index contributed by atoms with van der Waals surface area (Å²) in [5, 5.41) is 5.51. The van der Waals surface area contributed by atoms with Crippen molar-refractivity contribution >= 4 is 17.7 Å². The van der Waals surface area contributed by atoms with Gasteiger partial charge in [0.25, 0.3) is 0 Å². The lowest BCUT2D eigenvalue weighted by Gasteiger charge is -2.30. The summed E-state index contributed by atoms with van der Waals surface area (Å²) in [5.41, 5.74) is 0.0754. The summed E-state index contributed by atoms with van der Waals surface area (Å²) in [7, 11) is 0. The second-order valence-corrected chi connectivity index (χ2v) is 9.92. The van der Waals surface area contributed by atoms with E-state index in [1.165, 1.54) is 12.5 Å². The van der Waals surface area contributed by atoms with Crippen molar-refractivity contribution in [2.45, 2.75) is 69.6 Å². The number of halogens is 3. The van der Waals surface area contributed by atoms with Gasteiger partial charge in [-0.2, -0.15) is 4.98 Å². The molecule has 1 aromatic carbocycles. The molecule has 13 heteroatoms. The molecule has 3 fully saturated rings. The fourth-order valence-corrected chi connectivity index (χ4v) is 4.85. The first-order chi connectivity index (χ1) is 18.8.